The van der Waals surface area contributed by atoms with E-state index in [4.69, 9.17) is 14.4 Å². The van der Waals surface area contributed by atoms with Gasteiger partial charge in [-0.15, -0.1) is 0 Å². The summed E-state index contributed by atoms with van der Waals surface area (Å²) in [6, 6.07) is 62.7. The van der Waals surface area contributed by atoms with Gasteiger partial charge in [0.15, 0.2) is 5.84 Å². The average Bonchev–Trinajstić information content (AvgIpc) is 3.62. The molecule has 8 bridgehead atoms. The largest absolute Gasteiger partial charge is 0.456 e. The first-order valence-electron chi connectivity index (χ1n) is 18.0. The average molecular weight is 678 g/mol. The summed E-state index contributed by atoms with van der Waals surface area (Å²) >= 11 is 0. The zero-order chi connectivity index (χ0) is 34.9. The maximum absolute atomic E-state index is 6.51. The van der Waals surface area contributed by atoms with Gasteiger partial charge in [-0.25, -0.2) is 9.98 Å². The van der Waals surface area contributed by atoms with Crippen LogP contribution in [0.5, 0.6) is 0 Å². The Hall–Kier alpha value is -7.04. The fourth-order valence-electron chi connectivity index (χ4n) is 7.96. The number of benzene rings is 8. The van der Waals surface area contributed by atoms with Crippen LogP contribution >= 0.6 is 0 Å². The highest BCUT2D eigenvalue weighted by molar-refractivity contribution is 6.15. The number of nitrogens with one attached hydrogen (secondary N) is 1. The van der Waals surface area contributed by atoms with E-state index >= 15 is 0 Å². The molecule has 1 unspecified atom stereocenters. The molecule has 0 radical (unpaired) electrons. The fraction of sp³-hybridized carbons (Fsp3) is 0.0204. The summed E-state index contributed by atoms with van der Waals surface area (Å²) in [5, 5.41) is 8.31. The molecule has 0 spiro atoms. The third kappa shape index (κ3) is 5.07. The van der Waals surface area contributed by atoms with Gasteiger partial charge in [0.1, 0.15) is 23.2 Å². The lowest BCUT2D eigenvalue weighted by molar-refractivity contribution is 0.662. The van der Waals surface area contributed by atoms with Gasteiger partial charge in [-0.05, 0) is 110 Å². The second kappa shape index (κ2) is 11.8. The number of rotatable bonds is 3. The van der Waals surface area contributed by atoms with Crippen LogP contribution in [-0.4, -0.2) is 11.7 Å². The second-order valence-electron chi connectivity index (χ2n) is 13.9. The molecule has 248 valence electrons. The van der Waals surface area contributed by atoms with Gasteiger partial charge in [-0.1, -0.05) is 121 Å². The number of amidine groups is 2. The van der Waals surface area contributed by atoms with Gasteiger partial charge in [-0.2, -0.15) is 0 Å². The molecule has 0 fully saturated rings. The van der Waals surface area contributed by atoms with Gasteiger partial charge in [0.2, 0.25) is 0 Å². The van der Waals surface area contributed by atoms with Crippen molar-refractivity contribution in [3.8, 4) is 44.5 Å². The van der Waals surface area contributed by atoms with E-state index in [2.05, 4.69) is 175 Å². The lowest BCUT2D eigenvalue weighted by Crippen LogP contribution is -2.33. The first kappa shape index (κ1) is 29.7. The van der Waals surface area contributed by atoms with Crippen LogP contribution in [0.1, 0.15) is 22.9 Å². The van der Waals surface area contributed by atoms with Crippen molar-refractivity contribution in [1.82, 2.24) is 5.32 Å². The van der Waals surface area contributed by atoms with Crippen molar-refractivity contribution in [2.24, 2.45) is 9.98 Å². The van der Waals surface area contributed by atoms with E-state index in [1.54, 1.807) is 0 Å². The normalized spacial score (nSPS) is 14.6. The van der Waals surface area contributed by atoms with Crippen LogP contribution in [0.2, 0.25) is 0 Å². The van der Waals surface area contributed by atoms with Gasteiger partial charge in [0, 0.05) is 27.5 Å². The van der Waals surface area contributed by atoms with E-state index in [1.807, 2.05) is 6.07 Å². The Kier molecular flexibility index (Phi) is 6.58. The van der Waals surface area contributed by atoms with E-state index in [0.717, 1.165) is 83.4 Å². The number of hydrogen-bond donors (Lipinski definition) is 1. The maximum Gasteiger partial charge on any atom is 0.159 e. The molecular formula is C49H31N3O. The molecule has 3 heterocycles. The number of furan rings is 1. The number of fused-ring (bicyclic) bond motifs is 11. The molecule has 2 aliphatic rings. The summed E-state index contributed by atoms with van der Waals surface area (Å²) in [6.45, 7) is 0. The SMILES string of the molecule is c1ccc(-c2cccc(C3=NC4=NC(N3)c3cccc5oc6ccc(cc6c35)-c3cc(cc(-c5ccc6ccccc6c5)c3)-c3cccc4c3)c2)cc1. The van der Waals surface area contributed by atoms with Crippen molar-refractivity contribution in [2.45, 2.75) is 6.17 Å². The molecule has 0 saturated heterocycles. The Morgan fingerprint density at radius 2 is 1.02 bits per heavy atom. The third-order valence-corrected chi connectivity index (χ3v) is 10.6. The molecule has 0 saturated carbocycles. The highest BCUT2D eigenvalue weighted by atomic mass is 16.3. The van der Waals surface area contributed by atoms with Crippen LogP contribution in [0.3, 0.4) is 0 Å². The minimum Gasteiger partial charge on any atom is -0.456 e. The summed E-state index contributed by atoms with van der Waals surface area (Å²) in [6.07, 6.45) is -0.394. The predicted octanol–water partition coefficient (Wildman–Crippen LogP) is 12.2. The Labute approximate surface area is 306 Å². The molecule has 8 aromatic carbocycles. The van der Waals surface area contributed by atoms with Gasteiger partial charge in [0.25, 0.3) is 0 Å². The van der Waals surface area contributed by atoms with Crippen molar-refractivity contribution in [1.29, 1.82) is 0 Å². The van der Waals surface area contributed by atoms with Crippen LogP contribution < -0.4 is 5.32 Å². The van der Waals surface area contributed by atoms with Crippen molar-refractivity contribution >= 4 is 44.4 Å². The molecule has 4 heteroatoms. The van der Waals surface area contributed by atoms with Crippen molar-refractivity contribution < 1.29 is 4.42 Å². The monoisotopic (exact) mass is 677 g/mol. The van der Waals surface area contributed by atoms with E-state index in [9.17, 15) is 0 Å². The summed E-state index contributed by atoms with van der Waals surface area (Å²) < 4.78 is 6.51. The standard InChI is InChI=1S/C49H31N3O/c1-2-9-30(10-3-1)33-13-6-15-37(24-33)47-50-48-38-16-7-14-34(25-38)39-26-40(35-20-19-31-11-4-5-12-32(31)23-35)28-41(27-39)36-21-22-44-43(29-36)46-42(49(51-47)52-48)17-8-18-45(46)53-44/h1-29,49H,(H,50,51,52). The Morgan fingerprint density at radius 3 is 1.85 bits per heavy atom. The Bertz CT molecular complexity index is 2990. The molecule has 1 aromatic heterocycles. The lowest BCUT2D eigenvalue weighted by Gasteiger charge is -2.25. The molecule has 1 atom stereocenters. The van der Waals surface area contributed by atoms with Gasteiger partial charge in [0.05, 0.1) is 0 Å². The first-order valence-corrected chi connectivity index (χ1v) is 18.0. The van der Waals surface area contributed by atoms with Crippen molar-refractivity contribution in [3.63, 3.8) is 0 Å². The molecule has 2 aliphatic heterocycles. The summed E-state index contributed by atoms with van der Waals surface area (Å²) in [4.78, 5) is 10.6. The summed E-state index contributed by atoms with van der Waals surface area (Å²) in [5.41, 5.74) is 13.9. The topological polar surface area (TPSA) is 49.9 Å². The molecule has 1 N–H and O–H groups in total. The molecule has 0 aliphatic carbocycles. The molecule has 4 nitrogen and oxygen atoms in total. The highest BCUT2D eigenvalue weighted by Gasteiger charge is 2.25. The van der Waals surface area contributed by atoms with E-state index in [0.29, 0.717) is 5.84 Å². The van der Waals surface area contributed by atoms with Crippen LogP contribution in [-0.2, 0) is 0 Å². The minimum absolute atomic E-state index is 0.394. The van der Waals surface area contributed by atoms with Crippen LogP contribution in [0.4, 0.5) is 0 Å². The smallest absolute Gasteiger partial charge is 0.159 e. The number of aliphatic imine (C=N–C) groups is 2. The summed E-state index contributed by atoms with van der Waals surface area (Å²) in [5.74, 6) is 1.46. The molecule has 11 rings (SSSR count). The van der Waals surface area contributed by atoms with Crippen LogP contribution in [0.25, 0.3) is 77.2 Å². The van der Waals surface area contributed by atoms with Crippen LogP contribution in [0, 0.1) is 0 Å². The highest BCUT2D eigenvalue weighted by Crippen LogP contribution is 2.40. The van der Waals surface area contributed by atoms with E-state index < -0.39 is 6.17 Å². The Balaban J connectivity index is 1.15. The quantitative estimate of drug-likeness (QED) is 0.202. The molecule has 9 aromatic rings. The lowest BCUT2D eigenvalue weighted by atomic mass is 9.91. The second-order valence-corrected chi connectivity index (χ2v) is 13.9. The number of nitrogens with zero attached hydrogens (tertiary/aromatic N) is 2. The molecule has 0 amide bonds. The summed E-state index contributed by atoms with van der Waals surface area (Å²) in [7, 11) is 0. The van der Waals surface area contributed by atoms with Gasteiger partial charge in [-0.3, -0.25) is 0 Å². The van der Waals surface area contributed by atoms with Gasteiger partial charge < -0.3 is 9.73 Å². The zero-order valence-corrected chi connectivity index (χ0v) is 28.6. The van der Waals surface area contributed by atoms with Crippen LogP contribution in [0.15, 0.2) is 190 Å². The van der Waals surface area contributed by atoms with Crippen molar-refractivity contribution in [3.05, 3.63) is 193 Å². The molecule has 53 heavy (non-hydrogen) atoms. The van der Waals surface area contributed by atoms with Gasteiger partial charge >= 0.3 is 0 Å². The zero-order valence-electron chi connectivity index (χ0n) is 28.6. The van der Waals surface area contributed by atoms with E-state index in [-0.39, 0.29) is 0 Å². The fourth-order valence-corrected chi connectivity index (χ4v) is 7.96. The predicted molar refractivity (Wildman–Crippen MR) is 218 cm³/mol. The van der Waals surface area contributed by atoms with E-state index in [1.165, 1.54) is 16.3 Å². The Morgan fingerprint density at radius 1 is 0.415 bits per heavy atom. The first-order chi connectivity index (χ1) is 26.2. The third-order valence-electron chi connectivity index (χ3n) is 10.6. The number of hydrogen-bond acceptors (Lipinski definition) is 4. The van der Waals surface area contributed by atoms with Crippen molar-refractivity contribution in [2.75, 3.05) is 0 Å². The molecular weight excluding hydrogens is 647 g/mol. The maximum atomic E-state index is 6.51. The minimum atomic E-state index is -0.394.